The number of hydrogen-bond acceptors (Lipinski definition) is 3. The quantitative estimate of drug-likeness (QED) is 0.817. The molecule has 1 aliphatic carbocycles. The maximum Gasteiger partial charge on any atom is 0.134 e. The topological polar surface area (TPSA) is 34.2 Å². The number of nitrogens with one attached hydrogen (secondary N) is 1. The van der Waals surface area contributed by atoms with Crippen LogP contribution in [-0.2, 0) is 19.4 Å². The van der Waals surface area contributed by atoms with Crippen molar-refractivity contribution in [2.24, 2.45) is 0 Å². The highest BCUT2D eigenvalue weighted by atomic mass is 16.5. The molecule has 21 heavy (non-hydrogen) atoms. The molecule has 0 spiro atoms. The van der Waals surface area contributed by atoms with Crippen molar-refractivity contribution < 1.29 is 4.74 Å². The second-order valence-corrected chi connectivity index (χ2v) is 5.55. The summed E-state index contributed by atoms with van der Waals surface area (Å²) in [4.78, 5) is 4.20. The lowest BCUT2D eigenvalue weighted by Gasteiger charge is -2.12. The van der Waals surface area contributed by atoms with E-state index < -0.39 is 0 Å². The molecule has 0 unspecified atom stereocenters. The van der Waals surface area contributed by atoms with Crippen molar-refractivity contribution in [3.63, 3.8) is 0 Å². The average Bonchev–Trinajstić information content (AvgIpc) is 2.97. The van der Waals surface area contributed by atoms with E-state index in [0.29, 0.717) is 0 Å². The van der Waals surface area contributed by atoms with Gasteiger partial charge in [-0.1, -0.05) is 13.0 Å². The molecule has 1 aliphatic rings. The third-order valence-electron chi connectivity index (χ3n) is 3.90. The average molecular weight is 282 g/mol. The number of fused-ring (bicyclic) bond motifs is 1. The molecular formula is C18H22N2O. The number of rotatable bonds is 6. The van der Waals surface area contributed by atoms with Gasteiger partial charge in [0.15, 0.2) is 0 Å². The van der Waals surface area contributed by atoms with E-state index in [1.54, 1.807) is 6.20 Å². The predicted octanol–water partition coefficient (Wildman–Crippen LogP) is 3.86. The van der Waals surface area contributed by atoms with Crippen LogP contribution in [0, 0.1) is 0 Å². The number of nitrogens with zero attached hydrogens (tertiary/aromatic N) is 1. The Morgan fingerprint density at radius 3 is 3.00 bits per heavy atom. The summed E-state index contributed by atoms with van der Waals surface area (Å²) in [7, 11) is 0. The lowest BCUT2D eigenvalue weighted by atomic mass is 10.1. The molecule has 0 saturated carbocycles. The number of pyridine rings is 1. The number of benzene rings is 1. The molecule has 0 radical (unpaired) electrons. The molecule has 1 aromatic carbocycles. The minimum absolute atomic E-state index is 0.794. The Morgan fingerprint density at radius 2 is 2.10 bits per heavy atom. The fraction of sp³-hybridized carbons (Fsp3) is 0.389. The molecule has 0 atom stereocenters. The molecule has 0 saturated heterocycles. The summed E-state index contributed by atoms with van der Waals surface area (Å²) in [6.45, 7) is 3.97. The molecule has 0 bridgehead atoms. The van der Waals surface area contributed by atoms with Gasteiger partial charge in [-0.25, -0.2) is 0 Å². The van der Waals surface area contributed by atoms with Crippen LogP contribution in [0.5, 0.6) is 11.5 Å². The largest absolute Gasteiger partial charge is 0.457 e. The molecule has 3 nitrogen and oxygen atoms in total. The molecule has 1 N–H and O–H groups in total. The first-order valence-corrected chi connectivity index (χ1v) is 7.80. The standard InChI is InChI=1S/C18H22N2O/c1-2-9-19-12-16-13-20-10-8-18(16)21-17-7-6-14-4-3-5-15(14)11-17/h6-8,10-11,13,19H,2-5,9,12H2,1H3. The normalized spacial score (nSPS) is 13.2. The van der Waals surface area contributed by atoms with E-state index in [0.717, 1.165) is 36.6 Å². The molecule has 3 heteroatoms. The van der Waals surface area contributed by atoms with E-state index in [-0.39, 0.29) is 0 Å². The molecule has 1 heterocycles. The first kappa shape index (κ1) is 14.1. The molecule has 0 amide bonds. The summed E-state index contributed by atoms with van der Waals surface area (Å²) in [6, 6.07) is 8.41. The summed E-state index contributed by atoms with van der Waals surface area (Å²) in [5.41, 5.74) is 4.01. The van der Waals surface area contributed by atoms with Crippen molar-refractivity contribution in [2.45, 2.75) is 39.2 Å². The molecule has 1 aromatic heterocycles. The fourth-order valence-electron chi connectivity index (χ4n) is 2.79. The third-order valence-corrected chi connectivity index (χ3v) is 3.90. The van der Waals surface area contributed by atoms with Gasteiger partial charge >= 0.3 is 0 Å². The van der Waals surface area contributed by atoms with E-state index in [2.05, 4.69) is 35.4 Å². The van der Waals surface area contributed by atoms with Crippen LogP contribution in [0.4, 0.5) is 0 Å². The zero-order valence-corrected chi connectivity index (χ0v) is 12.6. The minimum Gasteiger partial charge on any atom is -0.457 e. The van der Waals surface area contributed by atoms with Crippen LogP contribution in [0.15, 0.2) is 36.7 Å². The Labute approximate surface area is 126 Å². The van der Waals surface area contributed by atoms with Crippen LogP contribution < -0.4 is 10.1 Å². The molecule has 110 valence electrons. The smallest absolute Gasteiger partial charge is 0.134 e. The maximum atomic E-state index is 6.09. The van der Waals surface area contributed by atoms with Gasteiger partial charge in [0.1, 0.15) is 11.5 Å². The highest BCUT2D eigenvalue weighted by molar-refractivity contribution is 5.41. The molecule has 0 fully saturated rings. The van der Waals surface area contributed by atoms with Crippen molar-refractivity contribution in [1.29, 1.82) is 0 Å². The van der Waals surface area contributed by atoms with Gasteiger partial charge in [0.2, 0.25) is 0 Å². The highest BCUT2D eigenvalue weighted by Gasteiger charge is 2.12. The zero-order valence-electron chi connectivity index (χ0n) is 12.6. The maximum absolute atomic E-state index is 6.09. The number of aromatic nitrogens is 1. The lowest BCUT2D eigenvalue weighted by molar-refractivity contribution is 0.471. The van der Waals surface area contributed by atoms with Gasteiger partial charge in [-0.15, -0.1) is 0 Å². The minimum atomic E-state index is 0.794. The van der Waals surface area contributed by atoms with Gasteiger partial charge in [0.05, 0.1) is 0 Å². The summed E-state index contributed by atoms with van der Waals surface area (Å²) in [5.74, 6) is 1.82. The van der Waals surface area contributed by atoms with Crippen LogP contribution in [-0.4, -0.2) is 11.5 Å². The summed E-state index contributed by atoms with van der Waals surface area (Å²) < 4.78 is 6.09. The number of aryl methyl sites for hydroxylation is 2. The van der Waals surface area contributed by atoms with Crippen LogP contribution in [0.25, 0.3) is 0 Å². The van der Waals surface area contributed by atoms with Crippen molar-refractivity contribution in [1.82, 2.24) is 10.3 Å². The molecule has 0 aliphatic heterocycles. The molecule has 3 rings (SSSR count). The number of hydrogen-bond donors (Lipinski definition) is 1. The predicted molar refractivity (Wildman–Crippen MR) is 84.8 cm³/mol. The van der Waals surface area contributed by atoms with Gasteiger partial charge in [-0.05, 0) is 61.6 Å². The van der Waals surface area contributed by atoms with E-state index in [9.17, 15) is 0 Å². The van der Waals surface area contributed by atoms with E-state index in [1.165, 1.54) is 30.4 Å². The van der Waals surface area contributed by atoms with Crippen molar-refractivity contribution in [3.8, 4) is 11.5 Å². The van der Waals surface area contributed by atoms with Gasteiger partial charge < -0.3 is 10.1 Å². The SMILES string of the molecule is CCCNCc1cnccc1Oc1ccc2c(c1)CCC2. The fourth-order valence-corrected chi connectivity index (χ4v) is 2.79. The molecule has 2 aromatic rings. The van der Waals surface area contributed by atoms with Gasteiger partial charge in [0, 0.05) is 24.5 Å². The first-order chi connectivity index (χ1) is 10.4. The second-order valence-electron chi connectivity index (χ2n) is 5.55. The molecular weight excluding hydrogens is 260 g/mol. The number of ether oxygens (including phenoxy) is 1. The second kappa shape index (κ2) is 6.72. The van der Waals surface area contributed by atoms with Crippen molar-refractivity contribution >= 4 is 0 Å². The Kier molecular flexibility index (Phi) is 4.51. The monoisotopic (exact) mass is 282 g/mol. The Balaban J connectivity index is 1.75. The summed E-state index contributed by atoms with van der Waals surface area (Å²) in [5, 5.41) is 3.40. The lowest BCUT2D eigenvalue weighted by Crippen LogP contribution is -2.14. The highest BCUT2D eigenvalue weighted by Crippen LogP contribution is 2.30. The van der Waals surface area contributed by atoms with Crippen molar-refractivity contribution in [3.05, 3.63) is 53.3 Å². The Bertz CT molecular complexity index is 610. The van der Waals surface area contributed by atoms with Gasteiger partial charge in [-0.2, -0.15) is 0 Å². The van der Waals surface area contributed by atoms with Gasteiger partial charge in [-0.3, -0.25) is 4.98 Å². The van der Waals surface area contributed by atoms with E-state index in [4.69, 9.17) is 4.74 Å². The van der Waals surface area contributed by atoms with Crippen LogP contribution >= 0.6 is 0 Å². The third kappa shape index (κ3) is 3.42. The van der Waals surface area contributed by atoms with Gasteiger partial charge in [0.25, 0.3) is 0 Å². The first-order valence-electron chi connectivity index (χ1n) is 7.80. The Morgan fingerprint density at radius 1 is 1.19 bits per heavy atom. The summed E-state index contributed by atoms with van der Waals surface area (Å²) >= 11 is 0. The van der Waals surface area contributed by atoms with E-state index in [1.807, 2.05) is 12.3 Å². The van der Waals surface area contributed by atoms with Crippen LogP contribution in [0.2, 0.25) is 0 Å². The van der Waals surface area contributed by atoms with Crippen LogP contribution in [0.3, 0.4) is 0 Å². The summed E-state index contributed by atoms with van der Waals surface area (Å²) in [6.07, 6.45) is 8.43. The van der Waals surface area contributed by atoms with E-state index >= 15 is 0 Å². The Hall–Kier alpha value is -1.87. The van der Waals surface area contributed by atoms with Crippen LogP contribution in [0.1, 0.15) is 36.5 Å². The zero-order chi connectivity index (χ0) is 14.5. The van der Waals surface area contributed by atoms with Crippen molar-refractivity contribution in [2.75, 3.05) is 6.54 Å².